The SMILES string of the molecule is Cc1ccc(Sc2ccc(CNC3CC3)cc2C#N)cc1. The highest BCUT2D eigenvalue weighted by atomic mass is 32.2. The quantitative estimate of drug-likeness (QED) is 0.894. The van der Waals surface area contributed by atoms with Crippen molar-refractivity contribution in [3.63, 3.8) is 0 Å². The van der Waals surface area contributed by atoms with Gasteiger partial charge >= 0.3 is 0 Å². The van der Waals surface area contributed by atoms with Gasteiger partial charge in [-0.3, -0.25) is 0 Å². The molecular formula is C18H18N2S. The molecule has 2 aromatic carbocycles. The first-order chi connectivity index (χ1) is 10.2. The summed E-state index contributed by atoms with van der Waals surface area (Å²) in [5, 5.41) is 12.9. The van der Waals surface area contributed by atoms with Crippen molar-refractivity contribution in [1.29, 1.82) is 5.26 Å². The van der Waals surface area contributed by atoms with Crippen LogP contribution in [0.25, 0.3) is 0 Å². The highest BCUT2D eigenvalue weighted by Gasteiger charge is 2.20. The summed E-state index contributed by atoms with van der Waals surface area (Å²) in [6.45, 7) is 2.94. The maximum atomic E-state index is 9.37. The van der Waals surface area contributed by atoms with Crippen molar-refractivity contribution in [2.24, 2.45) is 0 Å². The molecule has 0 saturated heterocycles. The average molecular weight is 294 g/mol. The summed E-state index contributed by atoms with van der Waals surface area (Å²) in [5.74, 6) is 0. The van der Waals surface area contributed by atoms with Crippen LogP contribution in [0.1, 0.15) is 29.5 Å². The second kappa shape index (κ2) is 6.34. The van der Waals surface area contributed by atoms with Gasteiger partial charge in [-0.25, -0.2) is 0 Å². The molecule has 1 saturated carbocycles. The van der Waals surface area contributed by atoms with Crippen LogP contribution in [0.15, 0.2) is 52.3 Å². The molecule has 3 heteroatoms. The minimum Gasteiger partial charge on any atom is -0.310 e. The Morgan fingerprint density at radius 2 is 1.95 bits per heavy atom. The summed E-state index contributed by atoms with van der Waals surface area (Å²) in [4.78, 5) is 2.19. The van der Waals surface area contributed by atoms with E-state index >= 15 is 0 Å². The van der Waals surface area contributed by atoms with Crippen LogP contribution in [0.4, 0.5) is 0 Å². The van der Waals surface area contributed by atoms with Crippen LogP contribution in [0, 0.1) is 18.3 Å². The molecule has 0 amide bonds. The number of nitriles is 1. The molecule has 0 heterocycles. The molecule has 2 nitrogen and oxygen atoms in total. The Bertz CT molecular complexity index is 667. The van der Waals surface area contributed by atoms with Crippen molar-refractivity contribution in [3.05, 3.63) is 59.2 Å². The molecule has 0 radical (unpaired) electrons. The Kier molecular flexibility index (Phi) is 4.28. The minimum absolute atomic E-state index is 0.692. The van der Waals surface area contributed by atoms with Gasteiger partial charge in [-0.05, 0) is 49.6 Å². The summed E-state index contributed by atoms with van der Waals surface area (Å²) in [6, 6.07) is 17.6. The van der Waals surface area contributed by atoms with Crippen molar-refractivity contribution in [1.82, 2.24) is 5.32 Å². The molecule has 1 fully saturated rings. The third kappa shape index (κ3) is 3.87. The minimum atomic E-state index is 0.692. The van der Waals surface area contributed by atoms with E-state index in [0.29, 0.717) is 6.04 Å². The van der Waals surface area contributed by atoms with Crippen molar-refractivity contribution in [2.75, 3.05) is 0 Å². The van der Waals surface area contributed by atoms with Gasteiger partial charge in [0.1, 0.15) is 6.07 Å². The van der Waals surface area contributed by atoms with Crippen LogP contribution in [0.3, 0.4) is 0 Å². The smallest absolute Gasteiger partial charge is 0.100 e. The number of rotatable bonds is 5. The highest BCUT2D eigenvalue weighted by molar-refractivity contribution is 7.99. The Morgan fingerprint density at radius 3 is 2.62 bits per heavy atom. The van der Waals surface area contributed by atoms with Gasteiger partial charge < -0.3 is 5.32 Å². The standard InChI is InChI=1S/C18H18N2S/c1-13-2-7-17(8-3-13)21-18-9-4-14(10-15(18)11-19)12-20-16-5-6-16/h2-4,7-10,16,20H,5-6,12H2,1H3. The predicted molar refractivity (Wildman–Crippen MR) is 86.3 cm³/mol. The number of hydrogen-bond acceptors (Lipinski definition) is 3. The van der Waals surface area contributed by atoms with Crippen molar-refractivity contribution < 1.29 is 0 Å². The molecule has 0 aliphatic heterocycles. The first kappa shape index (κ1) is 14.2. The zero-order valence-electron chi connectivity index (χ0n) is 12.1. The molecule has 3 rings (SSSR count). The van der Waals surface area contributed by atoms with Crippen molar-refractivity contribution in [2.45, 2.75) is 42.1 Å². The van der Waals surface area contributed by atoms with Crippen LogP contribution in [-0.4, -0.2) is 6.04 Å². The number of nitrogens with zero attached hydrogens (tertiary/aromatic N) is 1. The van der Waals surface area contributed by atoms with E-state index in [1.165, 1.54) is 28.9 Å². The number of benzene rings is 2. The maximum absolute atomic E-state index is 9.37. The van der Waals surface area contributed by atoms with Gasteiger partial charge in [-0.2, -0.15) is 5.26 Å². The lowest BCUT2D eigenvalue weighted by atomic mass is 10.1. The second-order valence-corrected chi connectivity index (χ2v) is 6.63. The van der Waals surface area contributed by atoms with Gasteiger partial charge in [-0.15, -0.1) is 0 Å². The summed E-state index contributed by atoms with van der Waals surface area (Å²) in [7, 11) is 0. The summed E-state index contributed by atoms with van der Waals surface area (Å²) < 4.78 is 0. The molecule has 0 aromatic heterocycles. The summed E-state index contributed by atoms with van der Waals surface area (Å²) in [6.07, 6.45) is 2.57. The Labute approximate surface area is 130 Å². The summed E-state index contributed by atoms with van der Waals surface area (Å²) >= 11 is 1.65. The van der Waals surface area contributed by atoms with E-state index in [2.05, 4.69) is 54.7 Å². The molecule has 1 aliphatic rings. The summed E-state index contributed by atoms with van der Waals surface area (Å²) in [5.41, 5.74) is 3.20. The average Bonchev–Trinajstić information content (AvgIpc) is 3.33. The normalized spacial score (nSPS) is 13.9. The van der Waals surface area contributed by atoms with E-state index in [0.717, 1.165) is 17.0 Å². The van der Waals surface area contributed by atoms with Gasteiger partial charge in [0, 0.05) is 22.4 Å². The predicted octanol–water partition coefficient (Wildman–Crippen LogP) is 4.27. The molecule has 2 aromatic rings. The lowest BCUT2D eigenvalue weighted by Crippen LogP contribution is -2.15. The topological polar surface area (TPSA) is 35.8 Å². The van der Waals surface area contributed by atoms with E-state index in [9.17, 15) is 5.26 Å². The van der Waals surface area contributed by atoms with Crippen LogP contribution in [-0.2, 0) is 6.54 Å². The first-order valence-electron chi connectivity index (χ1n) is 7.25. The Balaban J connectivity index is 1.74. The van der Waals surface area contributed by atoms with Crippen molar-refractivity contribution >= 4 is 11.8 Å². The second-order valence-electron chi connectivity index (χ2n) is 5.51. The van der Waals surface area contributed by atoms with E-state index in [-0.39, 0.29) is 0 Å². The van der Waals surface area contributed by atoms with Crippen LogP contribution in [0.5, 0.6) is 0 Å². The molecule has 0 unspecified atom stereocenters. The Morgan fingerprint density at radius 1 is 1.19 bits per heavy atom. The largest absolute Gasteiger partial charge is 0.310 e. The maximum Gasteiger partial charge on any atom is 0.100 e. The molecule has 0 spiro atoms. The molecule has 1 N–H and O–H groups in total. The molecule has 1 aliphatic carbocycles. The van der Waals surface area contributed by atoms with Gasteiger partial charge in [0.05, 0.1) is 5.56 Å². The molecular weight excluding hydrogens is 276 g/mol. The fourth-order valence-electron chi connectivity index (χ4n) is 2.15. The monoisotopic (exact) mass is 294 g/mol. The highest BCUT2D eigenvalue weighted by Crippen LogP contribution is 2.31. The molecule has 106 valence electrons. The lowest BCUT2D eigenvalue weighted by Gasteiger charge is -2.08. The first-order valence-corrected chi connectivity index (χ1v) is 8.07. The van der Waals surface area contributed by atoms with E-state index < -0.39 is 0 Å². The number of aryl methyl sites for hydroxylation is 1. The number of hydrogen-bond donors (Lipinski definition) is 1. The lowest BCUT2D eigenvalue weighted by molar-refractivity contribution is 0.687. The van der Waals surface area contributed by atoms with Gasteiger partial charge in [0.15, 0.2) is 0 Å². The van der Waals surface area contributed by atoms with Crippen molar-refractivity contribution in [3.8, 4) is 6.07 Å². The van der Waals surface area contributed by atoms with Gasteiger partial charge in [0.25, 0.3) is 0 Å². The third-order valence-corrected chi connectivity index (χ3v) is 4.67. The Hall–Kier alpha value is -1.76. The van der Waals surface area contributed by atoms with Crippen LogP contribution in [0.2, 0.25) is 0 Å². The van der Waals surface area contributed by atoms with E-state index in [1.807, 2.05) is 6.07 Å². The third-order valence-electron chi connectivity index (χ3n) is 3.59. The zero-order chi connectivity index (χ0) is 14.7. The van der Waals surface area contributed by atoms with E-state index in [4.69, 9.17) is 0 Å². The fraction of sp³-hybridized carbons (Fsp3) is 0.278. The van der Waals surface area contributed by atoms with Crippen LogP contribution >= 0.6 is 11.8 Å². The van der Waals surface area contributed by atoms with E-state index in [1.54, 1.807) is 11.8 Å². The van der Waals surface area contributed by atoms with Gasteiger partial charge in [-0.1, -0.05) is 35.5 Å². The molecule has 0 atom stereocenters. The molecule has 21 heavy (non-hydrogen) atoms. The number of nitrogens with one attached hydrogen (secondary N) is 1. The molecule has 0 bridgehead atoms. The van der Waals surface area contributed by atoms with Crippen LogP contribution < -0.4 is 5.32 Å². The zero-order valence-corrected chi connectivity index (χ0v) is 12.9. The van der Waals surface area contributed by atoms with Gasteiger partial charge in [0.2, 0.25) is 0 Å². The fourth-order valence-corrected chi connectivity index (χ4v) is 3.02.